The van der Waals surface area contributed by atoms with Crippen LogP contribution in [-0.4, -0.2) is 6.29 Å². The third-order valence-corrected chi connectivity index (χ3v) is 4.53. The van der Waals surface area contributed by atoms with E-state index in [-0.39, 0.29) is 11.0 Å². The highest BCUT2D eigenvalue weighted by atomic mass is 79.9. The Morgan fingerprint density at radius 3 is 2.73 bits per heavy atom. The fourth-order valence-electron chi connectivity index (χ4n) is 2.71. The summed E-state index contributed by atoms with van der Waals surface area (Å²) in [5.74, 6) is -0.395. The molecule has 0 heterocycles. The van der Waals surface area contributed by atoms with E-state index in [1.165, 1.54) is 24.5 Å². The number of carbonyl (C=O) groups excluding carboxylic acids is 1. The summed E-state index contributed by atoms with van der Waals surface area (Å²) in [4.78, 5) is 10.8. The second-order valence-corrected chi connectivity index (χ2v) is 5.31. The van der Waals surface area contributed by atoms with Crippen molar-refractivity contribution in [2.75, 3.05) is 0 Å². The molecular formula is C12H10BrFO. The van der Waals surface area contributed by atoms with Gasteiger partial charge in [0.2, 0.25) is 0 Å². The summed E-state index contributed by atoms with van der Waals surface area (Å²) in [6, 6.07) is 1.54. The molecule has 2 aliphatic carbocycles. The molecule has 0 aliphatic heterocycles. The Morgan fingerprint density at radius 2 is 2.13 bits per heavy atom. The van der Waals surface area contributed by atoms with Crippen LogP contribution in [0.15, 0.2) is 10.5 Å². The molecule has 3 heteroatoms. The maximum atomic E-state index is 13.5. The van der Waals surface area contributed by atoms with E-state index in [0.717, 1.165) is 18.4 Å². The van der Waals surface area contributed by atoms with Crippen LogP contribution in [0.5, 0.6) is 0 Å². The fraction of sp³-hybridized carbons (Fsp3) is 0.417. The molecule has 1 aromatic rings. The van der Waals surface area contributed by atoms with Gasteiger partial charge in [-0.1, -0.05) is 0 Å². The van der Waals surface area contributed by atoms with Gasteiger partial charge in [-0.3, -0.25) is 4.79 Å². The Morgan fingerprint density at radius 1 is 1.40 bits per heavy atom. The monoisotopic (exact) mass is 268 g/mol. The maximum absolute atomic E-state index is 13.5. The topological polar surface area (TPSA) is 17.1 Å². The van der Waals surface area contributed by atoms with Gasteiger partial charge in [-0.25, -0.2) is 4.39 Å². The van der Waals surface area contributed by atoms with Gasteiger partial charge >= 0.3 is 0 Å². The van der Waals surface area contributed by atoms with Crippen molar-refractivity contribution in [1.82, 2.24) is 0 Å². The average Bonchev–Trinajstić information content (AvgIpc) is 2.86. The first kappa shape index (κ1) is 9.52. The lowest BCUT2D eigenvalue weighted by Gasteiger charge is -2.12. The molecule has 0 aromatic heterocycles. The van der Waals surface area contributed by atoms with E-state index in [0.29, 0.717) is 10.8 Å². The van der Waals surface area contributed by atoms with Crippen LogP contribution in [-0.2, 0) is 11.8 Å². The zero-order valence-corrected chi connectivity index (χ0v) is 9.73. The number of aryl methyl sites for hydroxylation is 1. The number of hydrogen-bond acceptors (Lipinski definition) is 1. The number of carbonyl (C=O) groups is 1. The van der Waals surface area contributed by atoms with Crippen LogP contribution in [0.2, 0.25) is 0 Å². The first-order valence-electron chi connectivity index (χ1n) is 5.14. The van der Waals surface area contributed by atoms with E-state index in [1.54, 1.807) is 0 Å². The Kier molecular flexibility index (Phi) is 1.85. The highest BCUT2D eigenvalue weighted by Gasteiger charge is 2.50. The van der Waals surface area contributed by atoms with Gasteiger partial charge in [0.15, 0.2) is 6.29 Å². The Hall–Kier alpha value is -0.700. The van der Waals surface area contributed by atoms with E-state index < -0.39 is 5.82 Å². The molecule has 0 bridgehead atoms. The van der Waals surface area contributed by atoms with E-state index in [1.807, 2.05) is 0 Å². The molecule has 15 heavy (non-hydrogen) atoms. The molecule has 78 valence electrons. The molecule has 3 rings (SSSR count). The first-order valence-corrected chi connectivity index (χ1v) is 5.94. The molecule has 0 atom stereocenters. The summed E-state index contributed by atoms with van der Waals surface area (Å²) in [7, 11) is 0. The van der Waals surface area contributed by atoms with Gasteiger partial charge in [0, 0.05) is 4.47 Å². The van der Waals surface area contributed by atoms with Crippen molar-refractivity contribution in [3.8, 4) is 0 Å². The second kappa shape index (κ2) is 2.91. The molecule has 0 N–H and O–H groups in total. The normalized spacial score (nSPS) is 20.4. The molecule has 1 spiro atoms. The number of rotatable bonds is 1. The number of benzene rings is 1. The first-order chi connectivity index (χ1) is 7.18. The predicted molar refractivity (Wildman–Crippen MR) is 58.7 cm³/mol. The van der Waals surface area contributed by atoms with Crippen LogP contribution in [0.25, 0.3) is 0 Å². The number of hydrogen-bond donors (Lipinski definition) is 0. The van der Waals surface area contributed by atoms with Gasteiger partial charge in [0.25, 0.3) is 0 Å². The minimum atomic E-state index is -0.395. The molecule has 1 nitrogen and oxygen atoms in total. The predicted octanol–water partition coefficient (Wildman–Crippen LogP) is 3.38. The SMILES string of the molecule is O=Cc1c(F)cc2c(c1Br)C1(CC2)CC1. The van der Waals surface area contributed by atoms with Crippen LogP contribution < -0.4 is 0 Å². The Bertz CT molecular complexity index is 463. The average molecular weight is 269 g/mol. The second-order valence-electron chi connectivity index (χ2n) is 4.52. The summed E-state index contributed by atoms with van der Waals surface area (Å²) >= 11 is 3.39. The number of fused-ring (bicyclic) bond motifs is 2. The molecule has 0 saturated heterocycles. The van der Waals surface area contributed by atoms with E-state index in [4.69, 9.17) is 0 Å². The van der Waals surface area contributed by atoms with Gasteiger partial charge in [-0.15, -0.1) is 0 Å². The van der Waals surface area contributed by atoms with Gasteiger partial charge in [-0.05, 0) is 64.2 Å². The summed E-state index contributed by atoms with van der Waals surface area (Å²) in [6.45, 7) is 0. The standard InChI is InChI=1S/C12H10BrFO/c13-11-8(6-15)9(14)5-7-1-2-12(3-4-12)10(7)11/h5-6H,1-4H2. The number of aldehydes is 1. The lowest BCUT2D eigenvalue weighted by atomic mass is 9.96. The molecule has 0 amide bonds. The largest absolute Gasteiger partial charge is 0.298 e. The maximum Gasteiger partial charge on any atom is 0.154 e. The van der Waals surface area contributed by atoms with Crippen molar-refractivity contribution in [1.29, 1.82) is 0 Å². The summed E-state index contributed by atoms with van der Waals surface area (Å²) in [6.07, 6.45) is 5.03. The molecule has 0 unspecified atom stereocenters. The number of halogens is 2. The lowest BCUT2D eigenvalue weighted by molar-refractivity contribution is 0.111. The molecule has 1 aromatic carbocycles. The van der Waals surface area contributed by atoms with Crippen molar-refractivity contribution < 1.29 is 9.18 Å². The summed E-state index contributed by atoms with van der Waals surface area (Å²) in [5, 5.41) is 0. The van der Waals surface area contributed by atoms with Gasteiger partial charge in [0.05, 0.1) is 5.56 Å². The quantitative estimate of drug-likeness (QED) is 0.714. The molecule has 1 saturated carbocycles. The fourth-order valence-corrected chi connectivity index (χ4v) is 3.67. The Labute approximate surface area is 95.8 Å². The minimum Gasteiger partial charge on any atom is -0.298 e. The van der Waals surface area contributed by atoms with Crippen LogP contribution in [0.3, 0.4) is 0 Å². The van der Waals surface area contributed by atoms with Crippen LogP contribution in [0.4, 0.5) is 4.39 Å². The van der Waals surface area contributed by atoms with E-state index in [2.05, 4.69) is 15.9 Å². The lowest BCUT2D eigenvalue weighted by Crippen LogP contribution is -2.04. The molecular weight excluding hydrogens is 259 g/mol. The van der Waals surface area contributed by atoms with Gasteiger partial charge in [0.1, 0.15) is 5.82 Å². The Balaban J connectivity index is 2.29. The zero-order chi connectivity index (χ0) is 10.6. The van der Waals surface area contributed by atoms with Crippen LogP contribution in [0, 0.1) is 5.82 Å². The third kappa shape index (κ3) is 1.16. The highest BCUT2D eigenvalue weighted by molar-refractivity contribution is 9.10. The van der Waals surface area contributed by atoms with Crippen molar-refractivity contribution in [2.45, 2.75) is 31.1 Å². The van der Waals surface area contributed by atoms with Crippen molar-refractivity contribution in [3.63, 3.8) is 0 Å². The van der Waals surface area contributed by atoms with Crippen LogP contribution in [0.1, 0.15) is 40.7 Å². The van der Waals surface area contributed by atoms with Crippen molar-refractivity contribution >= 4 is 22.2 Å². The van der Waals surface area contributed by atoms with E-state index in [9.17, 15) is 9.18 Å². The van der Waals surface area contributed by atoms with Gasteiger partial charge in [-0.2, -0.15) is 0 Å². The molecule has 0 radical (unpaired) electrons. The van der Waals surface area contributed by atoms with Crippen molar-refractivity contribution in [3.05, 3.63) is 33.0 Å². The smallest absolute Gasteiger partial charge is 0.154 e. The van der Waals surface area contributed by atoms with Gasteiger partial charge < -0.3 is 0 Å². The minimum absolute atomic E-state index is 0.182. The summed E-state index contributed by atoms with van der Waals surface area (Å²) in [5.41, 5.74) is 2.75. The zero-order valence-electron chi connectivity index (χ0n) is 8.15. The third-order valence-electron chi connectivity index (χ3n) is 3.71. The van der Waals surface area contributed by atoms with Crippen LogP contribution >= 0.6 is 15.9 Å². The highest BCUT2D eigenvalue weighted by Crippen LogP contribution is 2.59. The summed E-state index contributed by atoms with van der Waals surface area (Å²) < 4.78 is 14.2. The van der Waals surface area contributed by atoms with E-state index >= 15 is 0 Å². The van der Waals surface area contributed by atoms with Crippen molar-refractivity contribution in [2.24, 2.45) is 0 Å². The molecule has 2 aliphatic rings. The molecule has 1 fully saturated rings.